The molecule has 3 aromatic rings. The SMILES string of the molecule is CSc1nccc(-c2nn(C3CCCCO3)c3ccc(O)cc23)n1. The molecule has 0 amide bonds. The Hall–Kier alpha value is -2.12. The number of thioether (sulfide) groups is 1. The lowest BCUT2D eigenvalue weighted by Gasteiger charge is -2.23. The van der Waals surface area contributed by atoms with Crippen molar-refractivity contribution in [2.45, 2.75) is 30.6 Å². The highest BCUT2D eigenvalue weighted by Gasteiger charge is 2.22. The number of aromatic hydroxyl groups is 1. The normalized spacial score (nSPS) is 18.1. The van der Waals surface area contributed by atoms with Crippen LogP contribution in [0.25, 0.3) is 22.3 Å². The van der Waals surface area contributed by atoms with Crippen LogP contribution in [0, 0.1) is 0 Å². The Morgan fingerprint density at radius 3 is 3.00 bits per heavy atom. The number of hydrogen-bond donors (Lipinski definition) is 1. The van der Waals surface area contributed by atoms with Crippen molar-refractivity contribution < 1.29 is 9.84 Å². The van der Waals surface area contributed by atoms with Crippen molar-refractivity contribution in [1.82, 2.24) is 19.7 Å². The van der Waals surface area contributed by atoms with Crippen molar-refractivity contribution in [3.05, 3.63) is 30.5 Å². The molecule has 6 nitrogen and oxygen atoms in total. The topological polar surface area (TPSA) is 73.1 Å². The van der Waals surface area contributed by atoms with E-state index in [0.29, 0.717) is 5.16 Å². The monoisotopic (exact) mass is 342 g/mol. The molecule has 0 aliphatic carbocycles. The quantitative estimate of drug-likeness (QED) is 0.579. The molecule has 1 unspecified atom stereocenters. The molecule has 124 valence electrons. The molecule has 2 aromatic heterocycles. The third-order valence-corrected chi connectivity index (χ3v) is 4.74. The van der Waals surface area contributed by atoms with E-state index in [2.05, 4.69) is 9.97 Å². The summed E-state index contributed by atoms with van der Waals surface area (Å²) >= 11 is 1.49. The maximum absolute atomic E-state index is 9.92. The maximum atomic E-state index is 9.92. The summed E-state index contributed by atoms with van der Waals surface area (Å²) < 4.78 is 7.82. The molecule has 7 heteroatoms. The van der Waals surface area contributed by atoms with Crippen LogP contribution in [0.5, 0.6) is 5.75 Å². The first-order chi connectivity index (χ1) is 11.8. The Morgan fingerprint density at radius 1 is 1.29 bits per heavy atom. The second-order valence-electron chi connectivity index (χ2n) is 5.74. The molecule has 0 bridgehead atoms. The summed E-state index contributed by atoms with van der Waals surface area (Å²) in [6, 6.07) is 7.14. The van der Waals surface area contributed by atoms with E-state index in [9.17, 15) is 5.11 Å². The molecular formula is C17H18N4O2S. The summed E-state index contributed by atoms with van der Waals surface area (Å²) in [4.78, 5) is 8.77. The number of rotatable bonds is 3. The Bertz CT molecular complexity index is 874. The Morgan fingerprint density at radius 2 is 2.21 bits per heavy atom. The molecule has 1 saturated heterocycles. The van der Waals surface area contributed by atoms with Gasteiger partial charge in [0.1, 0.15) is 11.4 Å². The van der Waals surface area contributed by atoms with Gasteiger partial charge in [0.05, 0.1) is 11.2 Å². The van der Waals surface area contributed by atoms with Crippen LogP contribution in [-0.2, 0) is 4.74 Å². The van der Waals surface area contributed by atoms with Crippen molar-refractivity contribution in [3.8, 4) is 17.1 Å². The number of phenolic OH excluding ortho intramolecular Hbond substituents is 1. The first kappa shape index (κ1) is 15.4. The number of nitrogens with zero attached hydrogens (tertiary/aromatic N) is 4. The maximum Gasteiger partial charge on any atom is 0.187 e. The van der Waals surface area contributed by atoms with Crippen LogP contribution in [0.15, 0.2) is 35.6 Å². The van der Waals surface area contributed by atoms with Crippen molar-refractivity contribution in [2.75, 3.05) is 12.9 Å². The largest absolute Gasteiger partial charge is 0.508 e. The fourth-order valence-electron chi connectivity index (χ4n) is 3.03. The number of fused-ring (bicyclic) bond motifs is 1. The van der Waals surface area contributed by atoms with Gasteiger partial charge in [-0.1, -0.05) is 11.8 Å². The zero-order valence-corrected chi connectivity index (χ0v) is 14.2. The summed E-state index contributed by atoms with van der Waals surface area (Å²) in [6.45, 7) is 0.754. The summed E-state index contributed by atoms with van der Waals surface area (Å²) in [5.74, 6) is 0.215. The molecule has 3 heterocycles. The summed E-state index contributed by atoms with van der Waals surface area (Å²) in [7, 11) is 0. The van der Waals surface area contributed by atoms with E-state index in [-0.39, 0.29) is 12.0 Å². The van der Waals surface area contributed by atoms with Gasteiger partial charge in [0.2, 0.25) is 0 Å². The predicted molar refractivity (Wildman–Crippen MR) is 93.0 cm³/mol. The number of ether oxygens (including phenoxy) is 1. The second kappa shape index (κ2) is 6.41. The van der Waals surface area contributed by atoms with Crippen LogP contribution < -0.4 is 0 Å². The fourth-order valence-corrected chi connectivity index (χ4v) is 3.38. The van der Waals surface area contributed by atoms with Crippen LogP contribution in [0.1, 0.15) is 25.5 Å². The molecule has 0 radical (unpaired) electrons. The second-order valence-corrected chi connectivity index (χ2v) is 6.52. The molecule has 1 atom stereocenters. The average Bonchev–Trinajstić information content (AvgIpc) is 3.01. The van der Waals surface area contributed by atoms with Gasteiger partial charge < -0.3 is 9.84 Å². The van der Waals surface area contributed by atoms with E-state index >= 15 is 0 Å². The summed E-state index contributed by atoms with van der Waals surface area (Å²) in [6.07, 6.45) is 6.77. The van der Waals surface area contributed by atoms with Crippen LogP contribution in [0.2, 0.25) is 0 Å². The minimum atomic E-state index is -0.0681. The van der Waals surface area contributed by atoms with Gasteiger partial charge in [-0.05, 0) is 49.8 Å². The van der Waals surface area contributed by atoms with Crippen LogP contribution in [-0.4, -0.2) is 37.7 Å². The first-order valence-corrected chi connectivity index (χ1v) is 9.19. The van der Waals surface area contributed by atoms with Crippen LogP contribution in [0.3, 0.4) is 0 Å². The molecule has 1 aliphatic rings. The molecular weight excluding hydrogens is 324 g/mol. The Balaban J connectivity index is 1.89. The lowest BCUT2D eigenvalue weighted by molar-refractivity contribution is -0.0365. The van der Waals surface area contributed by atoms with Gasteiger partial charge in [-0.2, -0.15) is 5.10 Å². The van der Waals surface area contributed by atoms with Gasteiger partial charge >= 0.3 is 0 Å². The fraction of sp³-hybridized carbons (Fsp3) is 0.353. The van der Waals surface area contributed by atoms with Gasteiger partial charge in [0, 0.05) is 18.2 Å². The highest BCUT2D eigenvalue weighted by molar-refractivity contribution is 7.98. The lowest BCUT2D eigenvalue weighted by atomic mass is 10.1. The molecule has 1 fully saturated rings. The standard InChI is InChI=1S/C17H18N4O2S/c1-24-17-18-8-7-13(19-17)16-12-10-11(22)5-6-14(12)21(20-16)15-4-2-3-9-23-15/h5-8,10,15,22H,2-4,9H2,1H3. The van der Waals surface area contributed by atoms with E-state index in [0.717, 1.165) is 48.2 Å². The van der Waals surface area contributed by atoms with Gasteiger partial charge in [-0.15, -0.1) is 0 Å². The zero-order valence-electron chi connectivity index (χ0n) is 13.3. The zero-order chi connectivity index (χ0) is 16.5. The number of phenols is 1. The van der Waals surface area contributed by atoms with Crippen molar-refractivity contribution in [3.63, 3.8) is 0 Å². The molecule has 0 spiro atoms. The molecule has 24 heavy (non-hydrogen) atoms. The predicted octanol–water partition coefficient (Wildman–Crippen LogP) is 3.62. The number of aromatic nitrogens is 4. The van der Waals surface area contributed by atoms with Gasteiger partial charge in [0.25, 0.3) is 0 Å². The van der Waals surface area contributed by atoms with E-state index < -0.39 is 0 Å². The average molecular weight is 342 g/mol. The third kappa shape index (κ3) is 2.74. The molecule has 4 rings (SSSR count). The summed E-state index contributed by atoms with van der Waals surface area (Å²) in [5, 5.41) is 16.3. The third-order valence-electron chi connectivity index (χ3n) is 4.18. The molecule has 1 N–H and O–H groups in total. The minimum Gasteiger partial charge on any atom is -0.508 e. The molecule has 0 saturated carbocycles. The Labute approximate surface area is 143 Å². The minimum absolute atomic E-state index is 0.0681. The van der Waals surface area contributed by atoms with E-state index in [1.165, 1.54) is 11.8 Å². The van der Waals surface area contributed by atoms with Crippen molar-refractivity contribution in [2.24, 2.45) is 0 Å². The Kier molecular flexibility index (Phi) is 4.12. The molecule has 1 aromatic carbocycles. The number of hydrogen-bond acceptors (Lipinski definition) is 6. The number of benzene rings is 1. The van der Waals surface area contributed by atoms with E-state index in [1.54, 1.807) is 18.3 Å². The van der Waals surface area contributed by atoms with E-state index in [1.807, 2.05) is 23.1 Å². The van der Waals surface area contributed by atoms with Crippen molar-refractivity contribution in [1.29, 1.82) is 0 Å². The van der Waals surface area contributed by atoms with E-state index in [4.69, 9.17) is 9.84 Å². The first-order valence-electron chi connectivity index (χ1n) is 7.96. The smallest absolute Gasteiger partial charge is 0.187 e. The highest BCUT2D eigenvalue weighted by Crippen LogP contribution is 2.34. The van der Waals surface area contributed by atoms with Gasteiger partial charge in [-0.3, -0.25) is 0 Å². The van der Waals surface area contributed by atoms with Gasteiger partial charge in [-0.25, -0.2) is 14.6 Å². The summed E-state index contributed by atoms with van der Waals surface area (Å²) in [5.41, 5.74) is 2.44. The van der Waals surface area contributed by atoms with Crippen molar-refractivity contribution >= 4 is 22.7 Å². The van der Waals surface area contributed by atoms with Gasteiger partial charge in [0.15, 0.2) is 11.4 Å². The van der Waals surface area contributed by atoms with Crippen LogP contribution >= 0.6 is 11.8 Å². The molecule has 1 aliphatic heterocycles. The lowest BCUT2D eigenvalue weighted by Crippen LogP contribution is -2.19. The van der Waals surface area contributed by atoms with Crippen LogP contribution in [0.4, 0.5) is 0 Å². The highest BCUT2D eigenvalue weighted by atomic mass is 32.2.